The largest absolute Gasteiger partial charge is 0.331 e. The summed E-state index contributed by atoms with van der Waals surface area (Å²) in [6, 6.07) is 1.27. The van der Waals surface area contributed by atoms with E-state index in [1.54, 1.807) is 0 Å². The van der Waals surface area contributed by atoms with Gasteiger partial charge in [-0.05, 0) is 38.6 Å². The number of rotatable bonds is 3. The van der Waals surface area contributed by atoms with Crippen LogP contribution in [0, 0.1) is 0 Å². The van der Waals surface area contributed by atoms with Gasteiger partial charge in [0.15, 0.2) is 0 Å². The van der Waals surface area contributed by atoms with E-state index in [9.17, 15) is 0 Å². The number of hydrogen-bond acceptors (Lipinski definition) is 2. The Morgan fingerprint density at radius 3 is 3.12 bits per heavy atom. The van der Waals surface area contributed by atoms with Crippen molar-refractivity contribution in [1.82, 2.24) is 14.9 Å². The van der Waals surface area contributed by atoms with E-state index < -0.39 is 0 Å². The number of imidazole rings is 1. The van der Waals surface area contributed by atoms with E-state index >= 15 is 0 Å². The Balaban J connectivity index is 2.16. The molecule has 1 fully saturated rings. The molecule has 3 unspecified atom stereocenters. The predicted molar refractivity (Wildman–Crippen MR) is 66.7 cm³/mol. The van der Waals surface area contributed by atoms with Crippen molar-refractivity contribution < 1.29 is 0 Å². The van der Waals surface area contributed by atoms with Gasteiger partial charge in [-0.3, -0.25) is 0 Å². The summed E-state index contributed by atoms with van der Waals surface area (Å²) in [6.07, 6.45) is 7.70. The lowest BCUT2D eigenvalue weighted by Crippen LogP contribution is -2.37. The first-order valence-corrected chi connectivity index (χ1v) is 6.47. The highest BCUT2D eigenvalue weighted by atomic mass is 15.1. The highest BCUT2D eigenvalue weighted by molar-refractivity contribution is 5.07. The molecule has 16 heavy (non-hydrogen) atoms. The second-order valence-electron chi connectivity index (χ2n) is 5.07. The normalized spacial score (nSPS) is 27.9. The number of aromatic nitrogens is 2. The number of nitrogens with one attached hydrogen (secondary N) is 1. The Bertz CT molecular complexity index is 332. The third kappa shape index (κ3) is 2.29. The molecule has 1 aliphatic rings. The van der Waals surface area contributed by atoms with E-state index in [1.165, 1.54) is 25.0 Å². The van der Waals surface area contributed by atoms with Gasteiger partial charge in [-0.2, -0.15) is 0 Å². The van der Waals surface area contributed by atoms with Crippen LogP contribution in [0.4, 0.5) is 0 Å². The molecule has 1 aromatic heterocycles. The minimum absolute atomic E-state index is 0.618. The second kappa shape index (κ2) is 5.00. The van der Waals surface area contributed by atoms with E-state index in [4.69, 9.17) is 0 Å². The maximum absolute atomic E-state index is 4.33. The molecule has 0 saturated carbocycles. The summed E-state index contributed by atoms with van der Waals surface area (Å²) in [5, 5.41) is 3.50. The van der Waals surface area contributed by atoms with E-state index in [-0.39, 0.29) is 0 Å². The van der Waals surface area contributed by atoms with Crippen LogP contribution in [0.15, 0.2) is 12.5 Å². The molecular formula is C13H23N3. The lowest BCUT2D eigenvalue weighted by Gasteiger charge is -2.30. The van der Waals surface area contributed by atoms with Crippen LogP contribution in [-0.2, 0) is 0 Å². The summed E-state index contributed by atoms with van der Waals surface area (Å²) in [6.45, 7) is 7.93. The Hall–Kier alpha value is -0.830. The lowest BCUT2D eigenvalue weighted by atomic mass is 9.98. The van der Waals surface area contributed by atoms with Crippen LogP contribution in [-0.4, -0.2) is 22.1 Å². The van der Waals surface area contributed by atoms with E-state index in [0.717, 1.165) is 6.54 Å². The third-order valence-electron chi connectivity index (χ3n) is 3.80. The average Bonchev–Trinajstić information content (AvgIpc) is 2.77. The van der Waals surface area contributed by atoms with Crippen molar-refractivity contribution in [2.75, 3.05) is 6.54 Å². The molecule has 1 aliphatic heterocycles. The third-order valence-corrected chi connectivity index (χ3v) is 3.80. The Morgan fingerprint density at radius 2 is 2.44 bits per heavy atom. The molecule has 3 atom stereocenters. The van der Waals surface area contributed by atoms with Crippen molar-refractivity contribution in [2.45, 2.75) is 58.0 Å². The molecule has 0 radical (unpaired) electrons. The maximum atomic E-state index is 4.33. The second-order valence-corrected chi connectivity index (χ2v) is 5.07. The van der Waals surface area contributed by atoms with Crippen LogP contribution in [0.5, 0.6) is 0 Å². The van der Waals surface area contributed by atoms with Gasteiger partial charge in [-0.25, -0.2) is 4.98 Å². The van der Waals surface area contributed by atoms with Crippen molar-refractivity contribution in [1.29, 1.82) is 0 Å². The minimum Gasteiger partial charge on any atom is -0.331 e. The van der Waals surface area contributed by atoms with Gasteiger partial charge in [0.2, 0.25) is 0 Å². The van der Waals surface area contributed by atoms with Gasteiger partial charge in [0, 0.05) is 24.0 Å². The Kier molecular flexibility index (Phi) is 3.64. The van der Waals surface area contributed by atoms with Gasteiger partial charge in [0.25, 0.3) is 0 Å². The lowest BCUT2D eigenvalue weighted by molar-refractivity contribution is 0.306. The highest BCUT2D eigenvalue weighted by Crippen LogP contribution is 2.27. The number of nitrogens with zero attached hydrogens (tertiary/aromatic N) is 2. The van der Waals surface area contributed by atoms with Crippen LogP contribution in [0.25, 0.3) is 0 Å². The predicted octanol–water partition coefficient (Wildman–Crippen LogP) is 2.71. The SMILES string of the molecule is CCC(C)c1cncn1C1CCNC(C)C1. The quantitative estimate of drug-likeness (QED) is 0.850. The average molecular weight is 221 g/mol. The monoisotopic (exact) mass is 221 g/mol. The minimum atomic E-state index is 0.618. The summed E-state index contributed by atoms with van der Waals surface area (Å²) in [5.74, 6) is 0.618. The standard InChI is InChI=1S/C13H23N3/c1-4-10(2)13-8-14-9-16(13)12-5-6-15-11(3)7-12/h8-12,15H,4-7H2,1-3H3. The van der Waals surface area contributed by atoms with Gasteiger partial charge in [-0.15, -0.1) is 0 Å². The van der Waals surface area contributed by atoms with E-state index in [1.807, 2.05) is 12.5 Å². The summed E-state index contributed by atoms with van der Waals surface area (Å²) in [4.78, 5) is 4.33. The van der Waals surface area contributed by atoms with Gasteiger partial charge >= 0.3 is 0 Å². The molecule has 0 spiro atoms. The molecule has 0 bridgehead atoms. The topological polar surface area (TPSA) is 29.9 Å². The van der Waals surface area contributed by atoms with E-state index in [0.29, 0.717) is 18.0 Å². The Morgan fingerprint density at radius 1 is 1.62 bits per heavy atom. The van der Waals surface area contributed by atoms with Gasteiger partial charge < -0.3 is 9.88 Å². The van der Waals surface area contributed by atoms with Gasteiger partial charge in [0.05, 0.1) is 6.33 Å². The zero-order valence-corrected chi connectivity index (χ0v) is 10.6. The van der Waals surface area contributed by atoms with Crippen LogP contribution < -0.4 is 5.32 Å². The molecule has 1 aromatic rings. The van der Waals surface area contributed by atoms with Crippen molar-refractivity contribution in [2.24, 2.45) is 0 Å². The fourth-order valence-electron chi connectivity index (χ4n) is 2.57. The first kappa shape index (κ1) is 11.6. The molecule has 1 N–H and O–H groups in total. The highest BCUT2D eigenvalue weighted by Gasteiger charge is 2.22. The first-order valence-electron chi connectivity index (χ1n) is 6.47. The fraction of sp³-hybridized carbons (Fsp3) is 0.769. The Labute approximate surface area is 98.3 Å². The van der Waals surface area contributed by atoms with Crippen LogP contribution in [0.3, 0.4) is 0 Å². The van der Waals surface area contributed by atoms with Gasteiger partial charge in [0.1, 0.15) is 0 Å². The van der Waals surface area contributed by atoms with Crippen molar-refractivity contribution in [3.05, 3.63) is 18.2 Å². The van der Waals surface area contributed by atoms with Crippen molar-refractivity contribution >= 4 is 0 Å². The fourth-order valence-corrected chi connectivity index (χ4v) is 2.57. The van der Waals surface area contributed by atoms with E-state index in [2.05, 4.69) is 35.6 Å². The van der Waals surface area contributed by atoms with Crippen LogP contribution >= 0.6 is 0 Å². The molecule has 2 heterocycles. The summed E-state index contributed by atoms with van der Waals surface area (Å²) in [7, 11) is 0. The number of piperidine rings is 1. The molecule has 3 nitrogen and oxygen atoms in total. The molecular weight excluding hydrogens is 198 g/mol. The molecule has 3 heteroatoms. The summed E-state index contributed by atoms with van der Waals surface area (Å²) >= 11 is 0. The van der Waals surface area contributed by atoms with Crippen LogP contribution in [0.1, 0.15) is 57.7 Å². The molecule has 0 amide bonds. The molecule has 1 saturated heterocycles. The van der Waals surface area contributed by atoms with Crippen LogP contribution in [0.2, 0.25) is 0 Å². The van der Waals surface area contributed by atoms with Crippen molar-refractivity contribution in [3.63, 3.8) is 0 Å². The summed E-state index contributed by atoms with van der Waals surface area (Å²) in [5.41, 5.74) is 1.40. The van der Waals surface area contributed by atoms with Crippen molar-refractivity contribution in [3.8, 4) is 0 Å². The smallest absolute Gasteiger partial charge is 0.0950 e. The maximum Gasteiger partial charge on any atom is 0.0950 e. The zero-order valence-electron chi connectivity index (χ0n) is 10.6. The molecule has 90 valence electrons. The molecule has 0 aliphatic carbocycles. The molecule has 2 rings (SSSR count). The van der Waals surface area contributed by atoms with Gasteiger partial charge in [-0.1, -0.05) is 13.8 Å². The number of hydrogen-bond donors (Lipinski definition) is 1. The molecule has 0 aromatic carbocycles. The zero-order chi connectivity index (χ0) is 11.5. The first-order chi connectivity index (χ1) is 7.72. The summed E-state index contributed by atoms with van der Waals surface area (Å²) < 4.78 is 2.41.